The summed E-state index contributed by atoms with van der Waals surface area (Å²) in [6.45, 7) is 0.161. The van der Waals surface area contributed by atoms with Crippen LogP contribution in [-0.2, 0) is 11.2 Å². The van der Waals surface area contributed by atoms with E-state index in [0.29, 0.717) is 17.3 Å². The highest BCUT2D eigenvalue weighted by atomic mass is 35.5. The summed E-state index contributed by atoms with van der Waals surface area (Å²) in [5, 5.41) is 2.95. The van der Waals surface area contributed by atoms with E-state index in [-0.39, 0.29) is 18.3 Å². The van der Waals surface area contributed by atoms with Crippen LogP contribution in [0.15, 0.2) is 23.2 Å². The second kappa shape index (κ2) is 3.98. The molecule has 2 rings (SSSR count). The number of nitrogens with zero attached hydrogens (tertiary/aromatic N) is 1. The second-order valence-corrected chi connectivity index (χ2v) is 3.63. The van der Waals surface area contributed by atoms with Gasteiger partial charge in [-0.3, -0.25) is 9.79 Å². The first kappa shape index (κ1) is 10.1. The summed E-state index contributed by atoms with van der Waals surface area (Å²) in [7, 11) is 0. The van der Waals surface area contributed by atoms with Crippen LogP contribution in [0, 0.1) is 5.82 Å². The van der Waals surface area contributed by atoms with Gasteiger partial charge < -0.3 is 5.32 Å². The van der Waals surface area contributed by atoms with Crippen LogP contribution in [0.5, 0.6) is 0 Å². The van der Waals surface area contributed by atoms with Gasteiger partial charge >= 0.3 is 0 Å². The largest absolute Gasteiger partial charge is 0.313 e. The number of carbonyl (C=O) groups is 1. The Kier molecular flexibility index (Phi) is 2.68. The van der Waals surface area contributed by atoms with Crippen LogP contribution in [-0.4, -0.2) is 18.3 Å². The van der Waals surface area contributed by atoms with Crippen molar-refractivity contribution < 1.29 is 9.18 Å². The Hall–Kier alpha value is -1.42. The molecule has 1 aromatic carbocycles. The number of hydrogen-bond donors (Lipinski definition) is 1. The van der Waals surface area contributed by atoms with Crippen molar-refractivity contribution in [1.82, 2.24) is 5.32 Å². The number of halogens is 2. The average Bonchev–Trinajstić information content (AvgIpc) is 2.56. The van der Waals surface area contributed by atoms with E-state index in [0.717, 1.165) is 5.56 Å². The SMILES string of the molecule is O=C1CN=C(Cc2ccc(F)cc2Cl)N1. The third-order valence-corrected chi connectivity index (χ3v) is 2.42. The van der Waals surface area contributed by atoms with Crippen LogP contribution in [0.1, 0.15) is 5.56 Å². The number of aliphatic imine (C=N–C) groups is 1. The van der Waals surface area contributed by atoms with E-state index >= 15 is 0 Å². The zero-order chi connectivity index (χ0) is 10.8. The zero-order valence-corrected chi connectivity index (χ0v) is 8.51. The summed E-state index contributed by atoms with van der Waals surface area (Å²) in [5.74, 6) is 0.0814. The lowest BCUT2D eigenvalue weighted by molar-refractivity contribution is -0.117. The molecule has 0 bridgehead atoms. The molecule has 1 aliphatic heterocycles. The van der Waals surface area contributed by atoms with Gasteiger partial charge in [0.1, 0.15) is 18.2 Å². The van der Waals surface area contributed by atoms with Crippen molar-refractivity contribution in [3.05, 3.63) is 34.6 Å². The molecule has 0 atom stereocenters. The highest BCUT2D eigenvalue weighted by Gasteiger charge is 2.14. The Bertz CT molecular complexity index is 445. The van der Waals surface area contributed by atoms with Gasteiger partial charge in [0.2, 0.25) is 5.91 Å². The summed E-state index contributed by atoms with van der Waals surface area (Å²) in [5.41, 5.74) is 0.749. The van der Waals surface area contributed by atoms with Gasteiger partial charge in [-0.25, -0.2) is 4.39 Å². The molecule has 0 fully saturated rings. The first-order valence-corrected chi connectivity index (χ1v) is 4.80. The number of amidine groups is 1. The predicted molar refractivity (Wildman–Crippen MR) is 55.6 cm³/mol. The molecule has 15 heavy (non-hydrogen) atoms. The zero-order valence-electron chi connectivity index (χ0n) is 7.76. The molecule has 5 heteroatoms. The summed E-state index contributed by atoms with van der Waals surface area (Å²) in [6.07, 6.45) is 0.421. The molecule has 0 saturated heterocycles. The van der Waals surface area contributed by atoms with E-state index in [1.165, 1.54) is 12.1 Å². The smallest absolute Gasteiger partial charge is 0.247 e. The Morgan fingerprint density at radius 2 is 2.33 bits per heavy atom. The monoisotopic (exact) mass is 226 g/mol. The molecular formula is C10H8ClFN2O. The fourth-order valence-electron chi connectivity index (χ4n) is 1.35. The quantitative estimate of drug-likeness (QED) is 0.817. The molecule has 0 unspecified atom stereocenters. The fraction of sp³-hybridized carbons (Fsp3) is 0.200. The number of nitrogens with one attached hydrogen (secondary N) is 1. The van der Waals surface area contributed by atoms with E-state index < -0.39 is 0 Å². The lowest BCUT2D eigenvalue weighted by atomic mass is 10.1. The molecule has 0 saturated carbocycles. The minimum Gasteiger partial charge on any atom is -0.313 e. The van der Waals surface area contributed by atoms with Crippen LogP contribution in [0.25, 0.3) is 0 Å². The summed E-state index contributed by atoms with van der Waals surface area (Å²) < 4.78 is 12.7. The Balaban J connectivity index is 2.14. The average molecular weight is 227 g/mol. The topological polar surface area (TPSA) is 41.5 Å². The van der Waals surface area contributed by atoms with Gasteiger partial charge in [-0.05, 0) is 17.7 Å². The number of carbonyl (C=O) groups excluding carboxylic acids is 1. The standard InChI is InChI=1S/C10H8ClFN2O/c11-8-4-7(12)2-1-6(8)3-9-13-5-10(15)14-9/h1-2,4H,3,5H2,(H,13,14,15). The van der Waals surface area contributed by atoms with Crippen LogP contribution in [0.3, 0.4) is 0 Å². The molecular weight excluding hydrogens is 219 g/mol. The first-order chi connectivity index (χ1) is 7.15. The Labute approximate surface area is 91.0 Å². The van der Waals surface area contributed by atoms with Crippen LogP contribution in [0.4, 0.5) is 4.39 Å². The molecule has 1 N–H and O–H groups in total. The second-order valence-electron chi connectivity index (χ2n) is 3.22. The molecule has 1 aromatic rings. The van der Waals surface area contributed by atoms with Crippen molar-refractivity contribution in [3.63, 3.8) is 0 Å². The van der Waals surface area contributed by atoms with E-state index in [4.69, 9.17) is 11.6 Å². The van der Waals surface area contributed by atoms with Crippen molar-refractivity contribution in [1.29, 1.82) is 0 Å². The third kappa shape index (κ3) is 2.33. The van der Waals surface area contributed by atoms with Gasteiger partial charge in [-0.1, -0.05) is 17.7 Å². The van der Waals surface area contributed by atoms with E-state index in [2.05, 4.69) is 10.3 Å². The maximum absolute atomic E-state index is 12.7. The van der Waals surface area contributed by atoms with Gasteiger partial charge in [0, 0.05) is 11.4 Å². The van der Waals surface area contributed by atoms with Crippen LogP contribution < -0.4 is 5.32 Å². The van der Waals surface area contributed by atoms with Crippen molar-refractivity contribution in [3.8, 4) is 0 Å². The fourth-order valence-corrected chi connectivity index (χ4v) is 1.59. The molecule has 78 valence electrons. The Morgan fingerprint density at radius 1 is 1.53 bits per heavy atom. The number of rotatable bonds is 2. The molecule has 1 heterocycles. The molecule has 0 aliphatic carbocycles. The Morgan fingerprint density at radius 3 is 2.93 bits per heavy atom. The van der Waals surface area contributed by atoms with Gasteiger partial charge in [-0.2, -0.15) is 0 Å². The maximum atomic E-state index is 12.7. The van der Waals surface area contributed by atoms with E-state index in [1.54, 1.807) is 6.07 Å². The van der Waals surface area contributed by atoms with Crippen molar-refractivity contribution >= 4 is 23.3 Å². The summed E-state index contributed by atoms with van der Waals surface area (Å²) in [4.78, 5) is 14.8. The van der Waals surface area contributed by atoms with Crippen molar-refractivity contribution in [2.24, 2.45) is 4.99 Å². The van der Waals surface area contributed by atoms with E-state index in [1.807, 2.05) is 0 Å². The number of amides is 1. The molecule has 1 amide bonds. The van der Waals surface area contributed by atoms with Gasteiger partial charge in [-0.15, -0.1) is 0 Å². The molecule has 3 nitrogen and oxygen atoms in total. The minimum absolute atomic E-state index is 0.122. The third-order valence-electron chi connectivity index (χ3n) is 2.07. The first-order valence-electron chi connectivity index (χ1n) is 4.42. The lowest BCUT2D eigenvalue weighted by Gasteiger charge is -2.04. The van der Waals surface area contributed by atoms with Crippen molar-refractivity contribution in [2.75, 3.05) is 6.54 Å². The minimum atomic E-state index is -0.374. The molecule has 0 spiro atoms. The summed E-state index contributed by atoms with van der Waals surface area (Å²) >= 11 is 5.84. The summed E-state index contributed by atoms with van der Waals surface area (Å²) in [6, 6.07) is 4.16. The van der Waals surface area contributed by atoms with Crippen LogP contribution >= 0.6 is 11.6 Å². The maximum Gasteiger partial charge on any atom is 0.247 e. The predicted octanol–water partition coefficient (Wildman–Crippen LogP) is 1.55. The molecule has 1 aliphatic rings. The molecule has 0 radical (unpaired) electrons. The number of benzene rings is 1. The van der Waals surface area contributed by atoms with E-state index in [9.17, 15) is 9.18 Å². The van der Waals surface area contributed by atoms with Gasteiger partial charge in [0.05, 0.1) is 0 Å². The highest BCUT2D eigenvalue weighted by Crippen LogP contribution is 2.18. The van der Waals surface area contributed by atoms with Gasteiger partial charge in [0.15, 0.2) is 0 Å². The number of hydrogen-bond acceptors (Lipinski definition) is 2. The lowest BCUT2D eigenvalue weighted by Crippen LogP contribution is -2.26. The normalized spacial score (nSPS) is 15.1. The highest BCUT2D eigenvalue weighted by molar-refractivity contribution is 6.31. The van der Waals surface area contributed by atoms with Gasteiger partial charge in [0.25, 0.3) is 0 Å². The van der Waals surface area contributed by atoms with Crippen molar-refractivity contribution in [2.45, 2.75) is 6.42 Å². The van der Waals surface area contributed by atoms with Crippen LogP contribution in [0.2, 0.25) is 5.02 Å². The molecule has 0 aromatic heterocycles.